The topological polar surface area (TPSA) is 32.3 Å². The Balaban J connectivity index is 0.739. The van der Waals surface area contributed by atoms with Crippen molar-refractivity contribution in [1.29, 1.82) is 0 Å². The number of thiophene rings is 3. The Labute approximate surface area is 766 Å². The number of benzene rings is 13. The molecule has 127 heavy (non-hydrogen) atoms. The molecule has 19 rings (SSSR count). The van der Waals surface area contributed by atoms with Gasteiger partial charge < -0.3 is 9.80 Å². The number of nitrogens with zero attached hydrogens (tertiary/aromatic N) is 4. The Hall–Kier alpha value is -11.3. The van der Waals surface area contributed by atoms with Gasteiger partial charge in [0.25, 0.3) is 0 Å². The Bertz CT molecular complexity index is 6270. The Morgan fingerprint density at radius 2 is 0.528 bits per heavy atom. The molecular formula is C120H120N4S3. The van der Waals surface area contributed by atoms with Crippen LogP contribution >= 0.6 is 34.0 Å². The van der Waals surface area contributed by atoms with Gasteiger partial charge in [0.15, 0.2) is 0 Å². The van der Waals surface area contributed by atoms with Crippen molar-refractivity contribution >= 4 is 112 Å². The summed E-state index contributed by atoms with van der Waals surface area (Å²) >= 11 is 5.66. The van der Waals surface area contributed by atoms with Crippen molar-refractivity contribution in [2.45, 2.75) is 219 Å². The Morgan fingerprint density at radius 1 is 0.244 bits per heavy atom. The fourth-order valence-corrected chi connectivity index (χ4v) is 24.2. The zero-order valence-corrected chi connectivity index (χ0v) is 78.5. The zero-order valence-electron chi connectivity index (χ0n) is 76.0. The van der Waals surface area contributed by atoms with Crippen LogP contribution < -0.4 is 9.80 Å². The SMILES string of the molecule is CCCCCCC1(CCCCCC)c2cc(-c3ccc(-c4ccc5c6ccc(-c7ccc(-c8ccc9c(c8)C(CCCCCC)(CCCCCC)c8cc(N(c%10ccccc%10)c%10ccccc%10)ccc8-9)s7)cc6c6nc7c(-c8ccc(C(C)(C)C)cc8)sc(-c8ccc(C(C)(C)C)cc8)c7nc6c5c4)s3)ccc2-c2ccc(N(c3ccccc3)c3ccccc3)cc21. The van der Waals surface area contributed by atoms with Crippen LogP contribution in [0, 0.1) is 0 Å². The molecule has 2 aliphatic rings. The third-order valence-corrected chi connectivity index (χ3v) is 31.5. The number of unbranched alkanes of at least 4 members (excludes halogenated alkanes) is 12. The second-order valence-corrected chi connectivity index (χ2v) is 41.5. The van der Waals surface area contributed by atoms with Crippen molar-refractivity contribution in [1.82, 2.24) is 9.97 Å². The fraction of sp³-hybridized carbons (Fsp3) is 0.283. The summed E-state index contributed by atoms with van der Waals surface area (Å²) < 4.78 is 0. The molecule has 2 aliphatic carbocycles. The highest BCUT2D eigenvalue weighted by Crippen LogP contribution is 2.60. The first kappa shape index (κ1) is 85.1. The average Bonchev–Trinajstić information content (AvgIpc) is 1.63. The molecule has 7 heteroatoms. The van der Waals surface area contributed by atoms with E-state index in [2.05, 4.69) is 382 Å². The van der Waals surface area contributed by atoms with Crippen LogP contribution in [0.15, 0.2) is 303 Å². The smallest absolute Gasteiger partial charge is 0.109 e. The van der Waals surface area contributed by atoms with Gasteiger partial charge in [-0.3, -0.25) is 0 Å². The van der Waals surface area contributed by atoms with E-state index in [0.29, 0.717) is 0 Å². The normalized spacial score (nSPS) is 13.2. The summed E-state index contributed by atoms with van der Waals surface area (Å²) in [7, 11) is 0. The number of aromatic nitrogens is 2. The van der Waals surface area contributed by atoms with Gasteiger partial charge >= 0.3 is 0 Å². The first-order valence-corrected chi connectivity index (χ1v) is 49.9. The lowest BCUT2D eigenvalue weighted by Gasteiger charge is -2.34. The first-order valence-electron chi connectivity index (χ1n) is 47.5. The molecule has 638 valence electrons. The molecule has 0 fully saturated rings. The van der Waals surface area contributed by atoms with Gasteiger partial charge in [0, 0.05) is 75.2 Å². The van der Waals surface area contributed by atoms with Crippen LogP contribution in [0.2, 0.25) is 0 Å². The van der Waals surface area contributed by atoms with Crippen LogP contribution in [0.3, 0.4) is 0 Å². The molecule has 17 aromatic rings. The minimum Gasteiger partial charge on any atom is -0.310 e. The summed E-state index contributed by atoms with van der Waals surface area (Å²) in [6.45, 7) is 23.2. The van der Waals surface area contributed by atoms with Crippen LogP contribution in [0.4, 0.5) is 34.1 Å². The van der Waals surface area contributed by atoms with Gasteiger partial charge in [-0.1, -0.05) is 354 Å². The summed E-state index contributed by atoms with van der Waals surface area (Å²) in [6, 6.07) is 116. The maximum atomic E-state index is 6.11. The molecule has 4 aromatic heterocycles. The van der Waals surface area contributed by atoms with Crippen molar-refractivity contribution in [2.24, 2.45) is 0 Å². The third kappa shape index (κ3) is 16.5. The Morgan fingerprint density at radius 3 is 0.835 bits per heavy atom. The number of hydrogen-bond donors (Lipinski definition) is 0. The fourth-order valence-electron chi connectivity index (χ4n) is 21.0. The highest BCUT2D eigenvalue weighted by Gasteiger charge is 2.45. The van der Waals surface area contributed by atoms with E-state index in [1.807, 2.05) is 34.0 Å². The molecule has 0 amide bonds. The molecule has 0 aliphatic heterocycles. The average molecular weight is 1710 g/mol. The van der Waals surface area contributed by atoms with Gasteiger partial charge in [-0.25, -0.2) is 9.97 Å². The van der Waals surface area contributed by atoms with Crippen LogP contribution in [-0.2, 0) is 21.7 Å². The van der Waals surface area contributed by atoms with E-state index in [1.165, 1.54) is 245 Å². The van der Waals surface area contributed by atoms with Gasteiger partial charge in [0.1, 0.15) is 11.0 Å². The molecule has 0 saturated heterocycles. The molecule has 0 bridgehead atoms. The van der Waals surface area contributed by atoms with Crippen LogP contribution in [0.25, 0.3) is 129 Å². The van der Waals surface area contributed by atoms with Crippen LogP contribution in [0.5, 0.6) is 0 Å². The lowest BCUT2D eigenvalue weighted by molar-refractivity contribution is 0.401. The van der Waals surface area contributed by atoms with E-state index in [4.69, 9.17) is 9.97 Å². The summed E-state index contributed by atoms with van der Waals surface area (Å²) in [6.07, 6.45) is 24.1. The number of fused-ring (bicyclic) bond motifs is 13. The molecule has 0 saturated carbocycles. The predicted molar refractivity (Wildman–Crippen MR) is 553 cm³/mol. The highest BCUT2D eigenvalue weighted by molar-refractivity contribution is 7.21. The highest BCUT2D eigenvalue weighted by atomic mass is 32.1. The lowest BCUT2D eigenvalue weighted by Crippen LogP contribution is -2.26. The molecule has 4 nitrogen and oxygen atoms in total. The van der Waals surface area contributed by atoms with Crippen molar-refractivity contribution in [2.75, 3.05) is 9.80 Å². The van der Waals surface area contributed by atoms with Crippen LogP contribution in [-0.4, -0.2) is 9.97 Å². The maximum absolute atomic E-state index is 6.11. The monoisotopic (exact) mass is 1710 g/mol. The zero-order chi connectivity index (χ0) is 87.0. The molecular weight excluding hydrogens is 1590 g/mol. The van der Waals surface area contributed by atoms with E-state index in [9.17, 15) is 0 Å². The standard InChI is InChI=1S/C120H120N4S3/c1-11-15-19-35-71-119(72-36-20-16-12-2)103-77-85(53-63-97(103)99-65-59-93(79-105(99)119)123(89-39-27-23-28-40-89)90-41-29-24-30-42-90)109-69-67-107(125-109)83-51-61-95-96-62-52-84(76-102(96)112-111(101(95)75-83)121-113-114(122-112)116(82-49-57-88(58-50-82)118(8,9)10)127-115(113)81-47-55-87(56-48-81)117(5,6)7)108-68-70-110(126-108)86-54-64-98-100-66-60-94(124(91-43-31-25-32-44-91)92-45-33-26-34-46-92)80-106(100)120(104(98)78-86,73-37-21-17-13-3)74-38-22-18-14-4/h23-34,39-70,75-80H,11-22,35-38,71-74H2,1-10H3. The van der Waals surface area contributed by atoms with Crippen LogP contribution in [0.1, 0.15) is 231 Å². The minimum absolute atomic E-state index is 0.00149. The van der Waals surface area contributed by atoms with Gasteiger partial charge in [0.05, 0.1) is 20.8 Å². The van der Waals surface area contributed by atoms with E-state index in [0.717, 1.165) is 79.4 Å². The third-order valence-electron chi connectivity index (χ3n) is 27.8. The summed E-state index contributed by atoms with van der Waals surface area (Å²) in [5.41, 5.74) is 32.0. The van der Waals surface area contributed by atoms with Crippen molar-refractivity contribution in [3.05, 3.63) is 337 Å². The van der Waals surface area contributed by atoms with E-state index >= 15 is 0 Å². The van der Waals surface area contributed by atoms with Crippen molar-refractivity contribution in [3.8, 4) is 84.9 Å². The second-order valence-electron chi connectivity index (χ2n) is 38.3. The summed E-state index contributed by atoms with van der Waals surface area (Å²) in [4.78, 5) is 24.5. The number of anilines is 6. The van der Waals surface area contributed by atoms with E-state index in [1.54, 1.807) is 0 Å². The second kappa shape index (κ2) is 36.4. The van der Waals surface area contributed by atoms with Gasteiger partial charge in [0.2, 0.25) is 0 Å². The van der Waals surface area contributed by atoms with E-state index in [-0.39, 0.29) is 21.7 Å². The van der Waals surface area contributed by atoms with E-state index < -0.39 is 0 Å². The minimum atomic E-state index is -0.136. The largest absolute Gasteiger partial charge is 0.310 e. The summed E-state index contributed by atoms with van der Waals surface area (Å²) in [5.74, 6) is 0. The predicted octanol–water partition coefficient (Wildman–Crippen LogP) is 37.2. The Kier molecular flexibility index (Phi) is 24.4. The maximum Gasteiger partial charge on any atom is 0.109 e. The molecule has 0 spiro atoms. The lowest BCUT2D eigenvalue weighted by atomic mass is 9.70. The molecule has 13 aromatic carbocycles. The molecule has 0 unspecified atom stereocenters. The van der Waals surface area contributed by atoms with Crippen molar-refractivity contribution < 1.29 is 0 Å². The quantitative estimate of drug-likeness (QED) is 0.0311. The first-order chi connectivity index (χ1) is 62.0. The summed E-state index contributed by atoms with van der Waals surface area (Å²) in [5, 5.41) is 4.58. The molecule has 4 heterocycles. The number of para-hydroxylation sites is 4. The van der Waals surface area contributed by atoms with Gasteiger partial charge in [-0.15, -0.1) is 34.0 Å². The van der Waals surface area contributed by atoms with Gasteiger partial charge in [-0.2, -0.15) is 0 Å². The molecule has 0 N–H and O–H groups in total. The molecule has 0 atom stereocenters. The number of hydrogen-bond acceptors (Lipinski definition) is 7. The molecule has 0 radical (unpaired) electrons. The number of rotatable bonds is 32. The van der Waals surface area contributed by atoms with Crippen molar-refractivity contribution in [3.63, 3.8) is 0 Å². The van der Waals surface area contributed by atoms with Gasteiger partial charge in [-0.05, 0) is 258 Å².